The molecule has 2 heteroatoms. The monoisotopic (exact) mass is 648 g/mol. The number of benzene rings is 6. The van der Waals surface area contributed by atoms with Gasteiger partial charge in [0.05, 0.1) is 0 Å². The molecule has 246 valence electrons. The lowest BCUT2D eigenvalue weighted by Gasteiger charge is -2.37. The van der Waals surface area contributed by atoms with Crippen LogP contribution in [0.1, 0.15) is 47.9 Å². The van der Waals surface area contributed by atoms with E-state index < -0.39 is 0 Å². The molecule has 0 unspecified atom stereocenters. The van der Waals surface area contributed by atoms with Crippen molar-refractivity contribution in [1.82, 2.24) is 0 Å². The number of hydrogen-bond acceptors (Lipinski definition) is 2. The zero-order valence-corrected chi connectivity index (χ0v) is 28.9. The molecule has 0 saturated heterocycles. The maximum Gasteiger partial charge on any atom is 0.0431 e. The highest BCUT2D eigenvalue weighted by Crippen LogP contribution is 2.40. The molecule has 4 aliphatic rings. The van der Waals surface area contributed by atoms with Crippen molar-refractivity contribution in [2.45, 2.75) is 51.4 Å². The second-order valence-electron chi connectivity index (χ2n) is 15.0. The van der Waals surface area contributed by atoms with E-state index >= 15 is 0 Å². The van der Waals surface area contributed by atoms with Gasteiger partial charge in [-0.2, -0.15) is 0 Å². The Morgan fingerprint density at radius 2 is 0.460 bits per heavy atom. The van der Waals surface area contributed by atoms with Gasteiger partial charge < -0.3 is 9.80 Å². The maximum absolute atomic E-state index is 2.62. The zero-order valence-electron chi connectivity index (χ0n) is 28.9. The van der Waals surface area contributed by atoms with E-state index in [1.54, 1.807) is 33.6 Å². The fourth-order valence-corrected chi connectivity index (χ4v) is 9.36. The average Bonchev–Trinajstić information content (AvgIpc) is 3.19. The molecule has 6 aromatic carbocycles. The fourth-order valence-electron chi connectivity index (χ4n) is 9.36. The lowest BCUT2D eigenvalue weighted by molar-refractivity contribution is 0.634. The quantitative estimate of drug-likeness (QED) is 0.184. The largest absolute Gasteiger partial charge is 0.371 e. The zero-order chi connectivity index (χ0) is 33.0. The standard InChI is InChI=1S/C48H44N2/c1-5-41-29-45(30-42-6-2-26-49(25-1)47(41)42)39-21-17-37(18-22-39)35-13-9-33(10-14-35)34-11-15-36(16-12-34)38-19-23-40(24-20-38)46-31-43-7-3-27-50-28-4-8-44(32-46)48(43)50/h9-24,29-32H,1-8,25-28H2. The van der Waals surface area contributed by atoms with Gasteiger partial charge in [-0.15, -0.1) is 0 Å². The molecule has 2 nitrogen and oxygen atoms in total. The van der Waals surface area contributed by atoms with E-state index in [2.05, 4.69) is 131 Å². The number of hydrogen-bond donors (Lipinski definition) is 0. The van der Waals surface area contributed by atoms with Gasteiger partial charge in [0.25, 0.3) is 0 Å². The third-order valence-electron chi connectivity index (χ3n) is 11.9. The Morgan fingerprint density at radius 3 is 0.680 bits per heavy atom. The predicted octanol–water partition coefficient (Wildman–Crippen LogP) is 11.4. The molecule has 4 aliphatic heterocycles. The summed E-state index contributed by atoms with van der Waals surface area (Å²) in [5.41, 5.74) is 22.2. The number of rotatable bonds is 5. The van der Waals surface area contributed by atoms with Crippen LogP contribution in [0.5, 0.6) is 0 Å². The first kappa shape index (κ1) is 29.8. The number of aryl methyl sites for hydroxylation is 4. The molecule has 0 fully saturated rings. The van der Waals surface area contributed by atoms with Gasteiger partial charge in [0, 0.05) is 37.6 Å². The minimum atomic E-state index is 1.21. The van der Waals surface area contributed by atoms with Crippen LogP contribution in [0.3, 0.4) is 0 Å². The van der Waals surface area contributed by atoms with E-state index in [1.165, 1.54) is 133 Å². The summed E-state index contributed by atoms with van der Waals surface area (Å²) < 4.78 is 0. The van der Waals surface area contributed by atoms with Crippen LogP contribution in [0.4, 0.5) is 11.4 Å². The molecule has 4 heterocycles. The Hall–Kier alpha value is -5.08. The molecule has 0 aliphatic carbocycles. The van der Waals surface area contributed by atoms with E-state index in [1.807, 2.05) is 0 Å². The van der Waals surface area contributed by atoms with Gasteiger partial charge in [0.2, 0.25) is 0 Å². The molecule has 50 heavy (non-hydrogen) atoms. The van der Waals surface area contributed by atoms with Crippen molar-refractivity contribution in [2.24, 2.45) is 0 Å². The molecule has 0 N–H and O–H groups in total. The first-order valence-electron chi connectivity index (χ1n) is 19.0. The van der Waals surface area contributed by atoms with Crippen molar-refractivity contribution in [3.63, 3.8) is 0 Å². The van der Waals surface area contributed by atoms with Crippen LogP contribution in [0.2, 0.25) is 0 Å². The van der Waals surface area contributed by atoms with Gasteiger partial charge in [-0.25, -0.2) is 0 Å². The van der Waals surface area contributed by atoms with Crippen LogP contribution >= 0.6 is 0 Å². The molecule has 0 aromatic heterocycles. The molecule has 0 radical (unpaired) electrons. The van der Waals surface area contributed by atoms with Crippen LogP contribution in [-0.4, -0.2) is 26.2 Å². The topological polar surface area (TPSA) is 6.48 Å². The van der Waals surface area contributed by atoms with Gasteiger partial charge in [0.15, 0.2) is 0 Å². The van der Waals surface area contributed by atoms with Crippen LogP contribution in [0.25, 0.3) is 55.6 Å². The highest BCUT2D eigenvalue weighted by Gasteiger charge is 2.25. The smallest absolute Gasteiger partial charge is 0.0431 e. The highest BCUT2D eigenvalue weighted by molar-refractivity contribution is 5.79. The third-order valence-corrected chi connectivity index (χ3v) is 11.9. The summed E-state index contributed by atoms with van der Waals surface area (Å²) in [6.45, 7) is 4.90. The number of nitrogens with zero attached hydrogens (tertiary/aromatic N) is 2. The SMILES string of the molecule is c1cc(-c2ccc(-c3cc4c5c(c3)CCCN5CCC4)cc2)ccc1-c1ccc(-c2ccc(-c3cc4c5c(c3)CCCN5CCC4)cc2)cc1. The highest BCUT2D eigenvalue weighted by atomic mass is 15.1. The summed E-state index contributed by atoms with van der Waals surface area (Å²) in [6.07, 6.45) is 9.95. The van der Waals surface area contributed by atoms with Crippen LogP contribution in [0, 0.1) is 0 Å². The first-order valence-corrected chi connectivity index (χ1v) is 19.0. The van der Waals surface area contributed by atoms with Gasteiger partial charge in [-0.3, -0.25) is 0 Å². The average molecular weight is 649 g/mol. The van der Waals surface area contributed by atoms with Crippen molar-refractivity contribution in [2.75, 3.05) is 36.0 Å². The van der Waals surface area contributed by atoms with Crippen molar-refractivity contribution in [1.29, 1.82) is 0 Å². The summed E-state index contributed by atoms with van der Waals surface area (Å²) >= 11 is 0. The summed E-state index contributed by atoms with van der Waals surface area (Å²) in [7, 11) is 0. The summed E-state index contributed by atoms with van der Waals surface area (Å²) in [4.78, 5) is 5.25. The Balaban J connectivity index is 0.837. The van der Waals surface area contributed by atoms with Crippen molar-refractivity contribution in [3.8, 4) is 55.6 Å². The van der Waals surface area contributed by atoms with Gasteiger partial charge in [-0.05, 0) is 154 Å². The molecule has 10 rings (SSSR count). The second kappa shape index (κ2) is 12.4. The third kappa shape index (κ3) is 5.33. The van der Waals surface area contributed by atoms with E-state index in [4.69, 9.17) is 0 Å². The minimum absolute atomic E-state index is 1.21. The van der Waals surface area contributed by atoms with Gasteiger partial charge >= 0.3 is 0 Å². The Labute approximate surface area is 297 Å². The molecule has 0 amide bonds. The molecule has 6 aromatic rings. The Bertz CT molecular complexity index is 1970. The Morgan fingerprint density at radius 1 is 0.260 bits per heavy atom. The fraction of sp³-hybridized carbons (Fsp3) is 0.250. The van der Waals surface area contributed by atoms with Gasteiger partial charge in [-0.1, -0.05) is 97.1 Å². The predicted molar refractivity (Wildman–Crippen MR) is 211 cm³/mol. The molecule has 0 bridgehead atoms. The van der Waals surface area contributed by atoms with Crippen LogP contribution < -0.4 is 9.80 Å². The van der Waals surface area contributed by atoms with Crippen LogP contribution in [-0.2, 0) is 25.7 Å². The summed E-state index contributed by atoms with van der Waals surface area (Å²) in [6, 6.07) is 46.3. The lowest BCUT2D eigenvalue weighted by atomic mass is 9.88. The molecular weight excluding hydrogens is 605 g/mol. The molecular formula is C48H44N2. The molecule has 0 spiro atoms. The lowest BCUT2D eigenvalue weighted by Crippen LogP contribution is -2.34. The Kier molecular flexibility index (Phi) is 7.36. The molecule has 0 atom stereocenters. The van der Waals surface area contributed by atoms with E-state index in [-0.39, 0.29) is 0 Å². The van der Waals surface area contributed by atoms with Crippen molar-refractivity contribution in [3.05, 3.63) is 144 Å². The second-order valence-corrected chi connectivity index (χ2v) is 15.0. The van der Waals surface area contributed by atoms with E-state index in [0.717, 1.165) is 0 Å². The van der Waals surface area contributed by atoms with E-state index in [0.29, 0.717) is 0 Å². The minimum Gasteiger partial charge on any atom is -0.371 e. The summed E-state index contributed by atoms with van der Waals surface area (Å²) in [5.74, 6) is 0. The normalized spacial score (nSPS) is 16.2. The van der Waals surface area contributed by atoms with Crippen molar-refractivity contribution >= 4 is 11.4 Å². The first-order chi connectivity index (χ1) is 24.7. The maximum atomic E-state index is 2.62. The molecule has 0 saturated carbocycles. The van der Waals surface area contributed by atoms with Crippen molar-refractivity contribution < 1.29 is 0 Å². The van der Waals surface area contributed by atoms with Gasteiger partial charge in [0.1, 0.15) is 0 Å². The van der Waals surface area contributed by atoms with E-state index in [9.17, 15) is 0 Å². The number of anilines is 2. The summed E-state index contributed by atoms with van der Waals surface area (Å²) in [5, 5.41) is 0. The van der Waals surface area contributed by atoms with Crippen LogP contribution in [0.15, 0.2) is 121 Å².